The first kappa shape index (κ1) is 18.9. The minimum Gasteiger partial charge on any atom is -0.484 e. The zero-order chi connectivity index (χ0) is 18.5. The van der Waals surface area contributed by atoms with Crippen molar-refractivity contribution >= 4 is 17.2 Å². The highest BCUT2D eigenvalue weighted by Crippen LogP contribution is 2.19. The van der Waals surface area contributed by atoms with Gasteiger partial charge in [-0.2, -0.15) is 0 Å². The fourth-order valence-electron chi connectivity index (χ4n) is 3.01. The molecule has 2 heterocycles. The predicted octanol–water partition coefficient (Wildman–Crippen LogP) is 3.30. The van der Waals surface area contributed by atoms with Crippen molar-refractivity contribution in [1.29, 1.82) is 0 Å². The first-order chi connectivity index (χ1) is 12.5. The maximum absolute atomic E-state index is 12.4. The molecule has 2 aromatic rings. The minimum absolute atomic E-state index is 0.0580. The van der Waals surface area contributed by atoms with Crippen LogP contribution in [0.15, 0.2) is 29.6 Å². The molecule has 140 valence electrons. The van der Waals surface area contributed by atoms with E-state index < -0.39 is 0 Å². The van der Waals surface area contributed by atoms with Gasteiger partial charge < -0.3 is 9.64 Å². The standard InChI is InChI=1S/C20H27N3O2S/c1-15(2)17-4-6-18(7-5-17)25-13-20(24)23-10-8-22(9-11-23)12-19-21-16(3)14-26-19/h4-7,14-15H,8-13H2,1-3H3. The minimum atomic E-state index is 0.0580. The van der Waals surface area contributed by atoms with E-state index >= 15 is 0 Å². The molecule has 1 aliphatic rings. The van der Waals surface area contributed by atoms with Crippen molar-refractivity contribution in [3.8, 4) is 5.75 Å². The SMILES string of the molecule is Cc1csc(CN2CCN(C(=O)COc3ccc(C(C)C)cc3)CC2)n1. The first-order valence-electron chi connectivity index (χ1n) is 9.15. The number of hydrogen-bond donors (Lipinski definition) is 0. The van der Waals surface area contributed by atoms with Crippen LogP contribution >= 0.6 is 11.3 Å². The molecule has 26 heavy (non-hydrogen) atoms. The van der Waals surface area contributed by atoms with Crippen molar-refractivity contribution in [3.63, 3.8) is 0 Å². The van der Waals surface area contributed by atoms with Gasteiger partial charge in [0.05, 0.1) is 6.54 Å². The Morgan fingerprint density at radius 2 is 1.88 bits per heavy atom. The molecule has 0 aliphatic carbocycles. The predicted molar refractivity (Wildman–Crippen MR) is 105 cm³/mol. The molecule has 5 nitrogen and oxygen atoms in total. The van der Waals surface area contributed by atoms with Crippen LogP contribution in [-0.2, 0) is 11.3 Å². The molecule has 1 aliphatic heterocycles. The third-order valence-electron chi connectivity index (χ3n) is 4.66. The lowest BCUT2D eigenvalue weighted by atomic mass is 10.0. The van der Waals surface area contributed by atoms with Crippen LogP contribution in [0.5, 0.6) is 5.75 Å². The van der Waals surface area contributed by atoms with E-state index in [2.05, 4.69) is 41.2 Å². The van der Waals surface area contributed by atoms with E-state index in [1.54, 1.807) is 11.3 Å². The summed E-state index contributed by atoms with van der Waals surface area (Å²) in [6.45, 7) is 10.6. The number of piperazine rings is 1. The summed E-state index contributed by atoms with van der Waals surface area (Å²) < 4.78 is 5.67. The average molecular weight is 374 g/mol. The summed E-state index contributed by atoms with van der Waals surface area (Å²) in [5, 5.41) is 3.23. The molecular weight excluding hydrogens is 346 g/mol. The molecule has 0 N–H and O–H groups in total. The highest BCUT2D eigenvalue weighted by Gasteiger charge is 2.22. The Hall–Kier alpha value is -1.92. The van der Waals surface area contributed by atoms with Crippen LogP contribution in [0.4, 0.5) is 0 Å². The second kappa shape index (κ2) is 8.64. The fraction of sp³-hybridized carbons (Fsp3) is 0.500. The number of hydrogen-bond acceptors (Lipinski definition) is 5. The van der Waals surface area contributed by atoms with Gasteiger partial charge in [-0.1, -0.05) is 26.0 Å². The largest absolute Gasteiger partial charge is 0.484 e. The Kier molecular flexibility index (Phi) is 6.27. The van der Waals surface area contributed by atoms with Gasteiger partial charge in [0.2, 0.25) is 0 Å². The van der Waals surface area contributed by atoms with E-state index in [0.29, 0.717) is 5.92 Å². The Balaban J connectivity index is 1.42. The van der Waals surface area contributed by atoms with E-state index in [-0.39, 0.29) is 12.5 Å². The highest BCUT2D eigenvalue weighted by atomic mass is 32.1. The third-order valence-corrected chi connectivity index (χ3v) is 5.61. The van der Waals surface area contributed by atoms with Gasteiger partial charge in [0.1, 0.15) is 10.8 Å². The summed E-state index contributed by atoms with van der Waals surface area (Å²) in [6.07, 6.45) is 0. The van der Waals surface area contributed by atoms with Crippen molar-refractivity contribution < 1.29 is 9.53 Å². The van der Waals surface area contributed by atoms with Crippen LogP contribution in [-0.4, -0.2) is 53.5 Å². The number of ether oxygens (including phenoxy) is 1. The molecule has 1 fully saturated rings. The normalized spacial score (nSPS) is 15.5. The van der Waals surface area contributed by atoms with Crippen molar-refractivity contribution in [3.05, 3.63) is 45.9 Å². The average Bonchev–Trinajstić information content (AvgIpc) is 3.05. The molecule has 1 aromatic carbocycles. The van der Waals surface area contributed by atoms with E-state index in [4.69, 9.17) is 4.74 Å². The molecule has 1 saturated heterocycles. The number of amides is 1. The number of aryl methyl sites for hydroxylation is 1. The van der Waals surface area contributed by atoms with Crippen molar-refractivity contribution in [2.24, 2.45) is 0 Å². The molecule has 3 rings (SSSR count). The van der Waals surface area contributed by atoms with E-state index in [0.717, 1.165) is 49.2 Å². The Morgan fingerprint density at radius 3 is 2.46 bits per heavy atom. The zero-order valence-electron chi connectivity index (χ0n) is 15.8. The molecule has 0 radical (unpaired) electrons. The lowest BCUT2D eigenvalue weighted by Crippen LogP contribution is -2.49. The molecule has 6 heteroatoms. The van der Waals surface area contributed by atoms with Gasteiger partial charge in [-0.05, 0) is 30.5 Å². The molecule has 0 spiro atoms. The number of aromatic nitrogens is 1. The van der Waals surface area contributed by atoms with Crippen LogP contribution in [0.1, 0.15) is 36.0 Å². The monoisotopic (exact) mass is 373 g/mol. The summed E-state index contributed by atoms with van der Waals surface area (Å²) in [5.41, 5.74) is 2.35. The maximum atomic E-state index is 12.4. The van der Waals surface area contributed by atoms with Crippen molar-refractivity contribution in [2.45, 2.75) is 33.2 Å². The van der Waals surface area contributed by atoms with Crippen LogP contribution in [0.3, 0.4) is 0 Å². The van der Waals surface area contributed by atoms with Gasteiger partial charge >= 0.3 is 0 Å². The maximum Gasteiger partial charge on any atom is 0.260 e. The lowest BCUT2D eigenvalue weighted by molar-refractivity contribution is -0.135. The second-order valence-electron chi connectivity index (χ2n) is 7.05. The van der Waals surface area contributed by atoms with E-state index in [9.17, 15) is 4.79 Å². The van der Waals surface area contributed by atoms with Crippen LogP contribution < -0.4 is 4.74 Å². The molecule has 1 amide bonds. The van der Waals surface area contributed by atoms with Crippen LogP contribution in [0, 0.1) is 6.92 Å². The third kappa shape index (κ3) is 5.05. The topological polar surface area (TPSA) is 45.7 Å². The quantitative estimate of drug-likeness (QED) is 0.779. The molecule has 1 aromatic heterocycles. The Labute approximate surface area is 159 Å². The van der Waals surface area contributed by atoms with Gasteiger partial charge in [-0.25, -0.2) is 4.98 Å². The molecule has 0 unspecified atom stereocenters. The Morgan fingerprint density at radius 1 is 1.19 bits per heavy atom. The zero-order valence-corrected chi connectivity index (χ0v) is 16.6. The van der Waals surface area contributed by atoms with Gasteiger partial charge in [0, 0.05) is 37.3 Å². The Bertz CT molecular complexity index is 719. The van der Waals surface area contributed by atoms with Crippen LogP contribution in [0.25, 0.3) is 0 Å². The number of nitrogens with zero attached hydrogens (tertiary/aromatic N) is 3. The second-order valence-corrected chi connectivity index (χ2v) is 7.99. The molecular formula is C20H27N3O2S. The van der Waals surface area contributed by atoms with Crippen molar-refractivity contribution in [1.82, 2.24) is 14.8 Å². The molecule has 0 atom stereocenters. The molecule has 0 saturated carbocycles. The van der Waals surface area contributed by atoms with Gasteiger partial charge in [-0.15, -0.1) is 11.3 Å². The number of carbonyl (C=O) groups is 1. The lowest BCUT2D eigenvalue weighted by Gasteiger charge is -2.34. The number of rotatable bonds is 6. The summed E-state index contributed by atoms with van der Waals surface area (Å²) >= 11 is 1.71. The van der Waals surface area contributed by atoms with E-state index in [1.807, 2.05) is 24.0 Å². The number of thiazole rings is 1. The smallest absolute Gasteiger partial charge is 0.260 e. The fourth-order valence-corrected chi connectivity index (χ4v) is 3.82. The van der Waals surface area contributed by atoms with Crippen molar-refractivity contribution in [2.75, 3.05) is 32.8 Å². The first-order valence-corrected chi connectivity index (χ1v) is 10.0. The van der Waals surface area contributed by atoms with E-state index in [1.165, 1.54) is 5.56 Å². The number of carbonyl (C=O) groups excluding carboxylic acids is 1. The van der Waals surface area contributed by atoms with Crippen LogP contribution in [0.2, 0.25) is 0 Å². The molecule has 0 bridgehead atoms. The highest BCUT2D eigenvalue weighted by molar-refractivity contribution is 7.09. The number of benzene rings is 1. The summed E-state index contributed by atoms with van der Waals surface area (Å²) in [7, 11) is 0. The summed E-state index contributed by atoms with van der Waals surface area (Å²) in [4.78, 5) is 21.2. The van der Waals surface area contributed by atoms with Gasteiger partial charge in [0.15, 0.2) is 6.61 Å². The summed E-state index contributed by atoms with van der Waals surface area (Å²) in [5.74, 6) is 1.30. The van der Waals surface area contributed by atoms with Gasteiger partial charge in [-0.3, -0.25) is 9.69 Å². The van der Waals surface area contributed by atoms with Gasteiger partial charge in [0.25, 0.3) is 5.91 Å². The summed E-state index contributed by atoms with van der Waals surface area (Å²) in [6, 6.07) is 8.00.